The number of amides is 1. The zero-order valence-corrected chi connectivity index (χ0v) is 25.4. The Morgan fingerprint density at radius 2 is 2.07 bits per heavy atom. The summed E-state index contributed by atoms with van der Waals surface area (Å²) in [5.74, 6) is -1.14. The molecule has 1 amide bonds. The zero-order chi connectivity index (χ0) is 31.1. The Hall–Kier alpha value is -4.07. The highest BCUT2D eigenvalue weighted by molar-refractivity contribution is 6.34. The second kappa shape index (κ2) is 12.1. The van der Waals surface area contributed by atoms with Gasteiger partial charge in [0.1, 0.15) is 17.9 Å². The van der Waals surface area contributed by atoms with Crippen molar-refractivity contribution in [3.05, 3.63) is 65.5 Å². The van der Waals surface area contributed by atoms with Gasteiger partial charge in [-0.2, -0.15) is 5.26 Å². The first-order valence-corrected chi connectivity index (χ1v) is 15.2. The van der Waals surface area contributed by atoms with E-state index in [0.29, 0.717) is 48.0 Å². The maximum atomic E-state index is 16.6. The van der Waals surface area contributed by atoms with Gasteiger partial charge in [-0.3, -0.25) is 4.79 Å². The summed E-state index contributed by atoms with van der Waals surface area (Å²) in [6, 6.07) is 8.09. The van der Waals surface area contributed by atoms with Crippen LogP contribution in [0.2, 0.25) is 5.02 Å². The minimum absolute atomic E-state index is 0.0462. The predicted octanol–water partition coefficient (Wildman–Crippen LogP) is 6.60. The molecule has 0 bridgehead atoms. The molecule has 0 radical (unpaired) electrons. The number of nitriles is 1. The molecular formula is C33H33ClF2N6O2. The number of carbonyl (C=O) groups excluding carboxylic acids is 1. The van der Waals surface area contributed by atoms with Crippen molar-refractivity contribution in [3.63, 3.8) is 0 Å². The molecule has 6 rings (SSSR count). The van der Waals surface area contributed by atoms with Gasteiger partial charge in [0.15, 0.2) is 11.3 Å². The molecule has 0 aliphatic carbocycles. The van der Waals surface area contributed by atoms with Gasteiger partial charge in [-0.15, -0.1) is 0 Å². The smallest absolute Gasteiger partial charge is 0.246 e. The molecule has 2 aliphatic rings. The third-order valence-electron chi connectivity index (χ3n) is 9.14. The molecule has 3 atom stereocenters. The number of carbonyl (C=O) groups is 1. The van der Waals surface area contributed by atoms with Crippen molar-refractivity contribution in [1.82, 2.24) is 24.3 Å². The third kappa shape index (κ3) is 5.18. The van der Waals surface area contributed by atoms with E-state index in [1.165, 1.54) is 18.2 Å². The maximum Gasteiger partial charge on any atom is 0.246 e. The molecule has 0 saturated carbocycles. The molecule has 11 heteroatoms. The van der Waals surface area contributed by atoms with E-state index < -0.39 is 11.6 Å². The van der Waals surface area contributed by atoms with Crippen molar-refractivity contribution in [2.24, 2.45) is 0 Å². The maximum absolute atomic E-state index is 16.6. The fraction of sp³-hybridized carbons (Fsp3) is 0.394. The van der Waals surface area contributed by atoms with E-state index in [0.717, 1.165) is 19.4 Å². The number of likely N-dealkylation sites (tertiary alicyclic amines) is 2. The van der Waals surface area contributed by atoms with Gasteiger partial charge in [0.25, 0.3) is 0 Å². The first-order valence-electron chi connectivity index (χ1n) is 14.8. The number of hydrogen-bond donors (Lipinski definition) is 0. The zero-order valence-electron chi connectivity index (χ0n) is 24.7. The number of nitrogens with zero attached hydrogens (tertiary/aromatic N) is 6. The van der Waals surface area contributed by atoms with Crippen molar-refractivity contribution in [1.29, 1.82) is 5.26 Å². The Morgan fingerprint density at radius 3 is 2.80 bits per heavy atom. The highest BCUT2D eigenvalue weighted by atomic mass is 35.5. The quantitative estimate of drug-likeness (QED) is 0.217. The average molecular weight is 619 g/mol. The molecule has 3 unspecified atom stereocenters. The third-order valence-corrected chi connectivity index (χ3v) is 9.44. The molecule has 4 aromatic rings. The molecule has 2 aliphatic heterocycles. The van der Waals surface area contributed by atoms with E-state index in [1.54, 1.807) is 30.3 Å². The Kier molecular flexibility index (Phi) is 8.27. The van der Waals surface area contributed by atoms with Crippen molar-refractivity contribution in [3.8, 4) is 23.1 Å². The van der Waals surface area contributed by atoms with Gasteiger partial charge < -0.3 is 19.1 Å². The second-order valence-electron chi connectivity index (χ2n) is 11.6. The SMILES string of the molecule is C=CC(=O)N1CCC(n2cnc3c(OCC4CCCN4C)nc4c(F)c(-c5cccc(F)c5C)c(Cl)cc4c32)CC1CC#N. The van der Waals surface area contributed by atoms with Crippen molar-refractivity contribution < 1.29 is 18.3 Å². The van der Waals surface area contributed by atoms with E-state index in [4.69, 9.17) is 21.3 Å². The summed E-state index contributed by atoms with van der Waals surface area (Å²) in [5.41, 5.74) is 1.83. The number of aromatic nitrogens is 3. The Morgan fingerprint density at radius 1 is 1.25 bits per heavy atom. The molecule has 2 saturated heterocycles. The van der Waals surface area contributed by atoms with Crippen LogP contribution in [0, 0.1) is 29.9 Å². The lowest BCUT2D eigenvalue weighted by Crippen LogP contribution is -2.45. The molecular weight excluding hydrogens is 586 g/mol. The van der Waals surface area contributed by atoms with E-state index in [1.807, 2.05) is 4.57 Å². The molecule has 2 aromatic heterocycles. The number of halogens is 3. The molecule has 8 nitrogen and oxygen atoms in total. The van der Waals surface area contributed by atoms with Gasteiger partial charge in [-0.05, 0) is 75.5 Å². The number of likely N-dealkylation sites (N-methyl/N-ethyl adjacent to an activating group) is 1. The lowest BCUT2D eigenvalue weighted by molar-refractivity contribution is -0.130. The highest BCUT2D eigenvalue weighted by Gasteiger charge is 2.33. The van der Waals surface area contributed by atoms with Crippen molar-refractivity contribution >= 4 is 39.4 Å². The first-order chi connectivity index (χ1) is 21.2. The van der Waals surface area contributed by atoms with Crippen molar-refractivity contribution in [2.45, 2.75) is 57.2 Å². The lowest BCUT2D eigenvalue weighted by atomic mass is 9.94. The van der Waals surface area contributed by atoms with Crippen LogP contribution in [0.5, 0.6) is 5.88 Å². The monoisotopic (exact) mass is 618 g/mol. The van der Waals surface area contributed by atoms with Crippen LogP contribution in [0.4, 0.5) is 8.78 Å². The predicted molar refractivity (Wildman–Crippen MR) is 165 cm³/mol. The summed E-state index contributed by atoms with van der Waals surface area (Å²) in [5, 5.41) is 10.1. The average Bonchev–Trinajstić information content (AvgIpc) is 3.65. The van der Waals surface area contributed by atoms with Gasteiger partial charge in [0.2, 0.25) is 11.8 Å². The number of benzene rings is 2. The summed E-state index contributed by atoms with van der Waals surface area (Å²) in [7, 11) is 2.05. The van der Waals surface area contributed by atoms with Crippen LogP contribution in [-0.2, 0) is 4.79 Å². The van der Waals surface area contributed by atoms with Crippen molar-refractivity contribution in [2.75, 3.05) is 26.7 Å². The lowest BCUT2D eigenvalue weighted by Gasteiger charge is -2.38. The number of pyridine rings is 1. The number of imidazole rings is 1. The summed E-state index contributed by atoms with van der Waals surface area (Å²) >= 11 is 6.76. The van der Waals surface area contributed by atoms with Crippen LogP contribution in [0.15, 0.2) is 43.2 Å². The fourth-order valence-corrected chi connectivity index (χ4v) is 6.99. The van der Waals surface area contributed by atoms with Gasteiger partial charge >= 0.3 is 0 Å². The van der Waals surface area contributed by atoms with Gasteiger partial charge in [-0.1, -0.05) is 30.3 Å². The van der Waals surface area contributed by atoms with E-state index in [9.17, 15) is 14.4 Å². The largest absolute Gasteiger partial charge is 0.474 e. The Balaban J connectivity index is 1.52. The first kappa shape index (κ1) is 30.0. The normalized spacial score (nSPS) is 20.7. The molecule has 228 valence electrons. The highest BCUT2D eigenvalue weighted by Crippen LogP contribution is 2.42. The van der Waals surface area contributed by atoms with E-state index in [-0.39, 0.29) is 58.0 Å². The van der Waals surface area contributed by atoms with E-state index in [2.05, 4.69) is 29.6 Å². The molecule has 2 fully saturated rings. The number of fused-ring (bicyclic) bond motifs is 3. The molecule has 2 aromatic carbocycles. The molecule has 4 heterocycles. The Bertz CT molecular complexity index is 1820. The number of piperidine rings is 1. The summed E-state index contributed by atoms with van der Waals surface area (Å²) < 4.78 is 39.4. The van der Waals surface area contributed by atoms with Crippen LogP contribution < -0.4 is 4.74 Å². The minimum atomic E-state index is -0.674. The number of hydrogen-bond acceptors (Lipinski definition) is 6. The van der Waals surface area contributed by atoms with E-state index >= 15 is 4.39 Å². The van der Waals surface area contributed by atoms with Crippen LogP contribution in [0.3, 0.4) is 0 Å². The van der Waals surface area contributed by atoms with Gasteiger partial charge in [0, 0.05) is 35.6 Å². The minimum Gasteiger partial charge on any atom is -0.474 e. The molecule has 0 spiro atoms. The topological polar surface area (TPSA) is 87.3 Å². The molecule has 44 heavy (non-hydrogen) atoms. The van der Waals surface area contributed by atoms with Crippen LogP contribution in [-0.4, -0.2) is 69.1 Å². The summed E-state index contributed by atoms with van der Waals surface area (Å²) in [6.45, 7) is 6.97. The molecule has 0 N–H and O–H groups in total. The second-order valence-corrected chi connectivity index (χ2v) is 12.0. The van der Waals surface area contributed by atoms with Gasteiger partial charge in [0.05, 0.1) is 29.4 Å². The standard InChI is InChI=1S/C33H33ClF2N6O2/c1-4-27(43)41-14-11-21(15-20(41)10-12-37)42-18-38-31-32(42)24-16-25(34)28(23-8-5-9-26(35)19(23)2)29(36)30(24)39-33(31)44-17-22-7-6-13-40(22)3/h4-5,8-9,16,18,20-22H,1,6-7,10-11,13-15,17H2,2-3H3. The van der Waals surface area contributed by atoms with Gasteiger partial charge in [-0.25, -0.2) is 18.7 Å². The summed E-state index contributed by atoms with van der Waals surface area (Å²) in [6.07, 6.45) is 6.28. The van der Waals surface area contributed by atoms with Crippen LogP contribution in [0.1, 0.15) is 43.7 Å². The summed E-state index contributed by atoms with van der Waals surface area (Å²) in [4.78, 5) is 25.8. The van der Waals surface area contributed by atoms with Crippen LogP contribution in [0.25, 0.3) is 33.1 Å². The number of ether oxygens (including phenoxy) is 1. The van der Waals surface area contributed by atoms with Crippen LogP contribution >= 0.6 is 11.6 Å². The number of rotatable bonds is 7. The Labute approximate surface area is 259 Å². The fourth-order valence-electron chi connectivity index (χ4n) is 6.69.